The second-order valence-corrected chi connectivity index (χ2v) is 2.68. The smallest absolute Gasteiger partial charge is 0.331 e. The molecule has 0 bridgehead atoms. The van der Waals surface area contributed by atoms with Crippen LogP contribution in [0.5, 0.6) is 0 Å². The van der Waals surface area contributed by atoms with E-state index in [2.05, 4.69) is 10.3 Å². The zero-order valence-corrected chi connectivity index (χ0v) is 5.77. The quantitative estimate of drug-likeness (QED) is 0.641. The molecule has 0 aromatic carbocycles. The SMILES string of the molecule is O=C(O)C1(n2ccnn2)CC1. The van der Waals surface area contributed by atoms with Crippen LogP contribution in [0.4, 0.5) is 0 Å². The average Bonchev–Trinajstić information content (AvgIpc) is 2.61. The van der Waals surface area contributed by atoms with Gasteiger partial charge in [-0.3, -0.25) is 0 Å². The Morgan fingerprint density at radius 2 is 2.36 bits per heavy atom. The molecule has 0 unspecified atom stereocenters. The maximum atomic E-state index is 10.7. The van der Waals surface area contributed by atoms with E-state index in [0.29, 0.717) is 12.8 Å². The molecule has 0 atom stereocenters. The Bertz CT molecular complexity index is 276. The van der Waals surface area contributed by atoms with Gasteiger partial charge < -0.3 is 5.11 Å². The lowest BCUT2D eigenvalue weighted by Crippen LogP contribution is -2.27. The van der Waals surface area contributed by atoms with Crippen LogP contribution < -0.4 is 0 Å². The van der Waals surface area contributed by atoms with Crippen LogP contribution in [0, 0.1) is 0 Å². The molecule has 58 valence electrons. The van der Waals surface area contributed by atoms with Crippen molar-refractivity contribution in [3.8, 4) is 0 Å². The van der Waals surface area contributed by atoms with Crippen LogP contribution in [0.2, 0.25) is 0 Å². The topological polar surface area (TPSA) is 68.0 Å². The number of rotatable bonds is 2. The molecule has 0 saturated heterocycles. The summed E-state index contributed by atoms with van der Waals surface area (Å²) in [7, 11) is 0. The molecule has 0 aliphatic heterocycles. The molecule has 1 aliphatic carbocycles. The normalized spacial score (nSPS) is 19.6. The van der Waals surface area contributed by atoms with Gasteiger partial charge in [-0.2, -0.15) is 0 Å². The molecule has 0 spiro atoms. The third-order valence-corrected chi connectivity index (χ3v) is 1.98. The van der Waals surface area contributed by atoms with E-state index in [1.54, 1.807) is 6.20 Å². The molecular weight excluding hydrogens is 146 g/mol. The largest absolute Gasteiger partial charge is 0.479 e. The number of hydrogen-bond donors (Lipinski definition) is 1. The van der Waals surface area contributed by atoms with Crippen molar-refractivity contribution in [2.75, 3.05) is 0 Å². The van der Waals surface area contributed by atoms with Crippen molar-refractivity contribution in [1.82, 2.24) is 15.0 Å². The minimum Gasteiger partial charge on any atom is -0.479 e. The number of nitrogens with zero attached hydrogens (tertiary/aromatic N) is 3. The van der Waals surface area contributed by atoms with Crippen molar-refractivity contribution in [2.45, 2.75) is 18.4 Å². The Morgan fingerprint density at radius 3 is 2.73 bits per heavy atom. The predicted molar refractivity (Wildman–Crippen MR) is 34.9 cm³/mol. The van der Waals surface area contributed by atoms with Crippen molar-refractivity contribution in [3.05, 3.63) is 12.4 Å². The summed E-state index contributed by atoms with van der Waals surface area (Å²) in [6, 6.07) is 0. The molecule has 0 amide bonds. The fourth-order valence-electron chi connectivity index (χ4n) is 1.10. The number of aliphatic carboxylic acids is 1. The highest BCUT2D eigenvalue weighted by molar-refractivity contribution is 5.79. The van der Waals surface area contributed by atoms with E-state index in [0.717, 1.165) is 0 Å². The first kappa shape index (κ1) is 6.33. The lowest BCUT2D eigenvalue weighted by atomic mass is 10.3. The fraction of sp³-hybridized carbons (Fsp3) is 0.500. The van der Waals surface area contributed by atoms with Gasteiger partial charge in [0.2, 0.25) is 0 Å². The van der Waals surface area contributed by atoms with Gasteiger partial charge in [-0.1, -0.05) is 5.21 Å². The molecule has 2 rings (SSSR count). The zero-order valence-electron chi connectivity index (χ0n) is 5.77. The van der Waals surface area contributed by atoms with E-state index in [1.807, 2.05) is 0 Å². The molecule has 1 saturated carbocycles. The van der Waals surface area contributed by atoms with Gasteiger partial charge in [0.25, 0.3) is 0 Å². The summed E-state index contributed by atoms with van der Waals surface area (Å²) in [6.45, 7) is 0. The van der Waals surface area contributed by atoms with Crippen LogP contribution in [0.3, 0.4) is 0 Å². The Hall–Kier alpha value is -1.39. The van der Waals surface area contributed by atoms with E-state index in [1.165, 1.54) is 10.9 Å². The minimum absolute atomic E-state index is 0.658. The van der Waals surface area contributed by atoms with E-state index in [4.69, 9.17) is 5.11 Å². The van der Waals surface area contributed by atoms with Gasteiger partial charge in [-0.25, -0.2) is 9.48 Å². The first-order valence-corrected chi connectivity index (χ1v) is 3.36. The van der Waals surface area contributed by atoms with E-state index < -0.39 is 11.5 Å². The Balaban J connectivity index is 2.36. The lowest BCUT2D eigenvalue weighted by molar-refractivity contribution is -0.142. The Morgan fingerprint density at radius 1 is 1.64 bits per heavy atom. The lowest BCUT2D eigenvalue weighted by Gasteiger charge is -2.07. The van der Waals surface area contributed by atoms with Crippen LogP contribution in [-0.4, -0.2) is 26.1 Å². The van der Waals surface area contributed by atoms with Crippen molar-refractivity contribution >= 4 is 5.97 Å². The molecule has 5 nitrogen and oxygen atoms in total. The molecule has 1 fully saturated rings. The number of carboxylic acid groups (broad SMARTS) is 1. The number of hydrogen-bond acceptors (Lipinski definition) is 3. The molecule has 1 N–H and O–H groups in total. The first-order valence-electron chi connectivity index (χ1n) is 3.36. The summed E-state index contributed by atoms with van der Waals surface area (Å²) in [5, 5.41) is 16.0. The fourth-order valence-corrected chi connectivity index (χ4v) is 1.10. The van der Waals surface area contributed by atoms with E-state index in [9.17, 15) is 4.79 Å². The molecule has 0 radical (unpaired) electrons. The van der Waals surface area contributed by atoms with Crippen molar-refractivity contribution < 1.29 is 9.90 Å². The Labute approximate surface area is 62.6 Å². The van der Waals surface area contributed by atoms with Crippen LogP contribution in [0.15, 0.2) is 12.4 Å². The predicted octanol–water partition coefficient (Wildman–Crippen LogP) is -0.148. The number of carboxylic acids is 1. The van der Waals surface area contributed by atoms with Crippen molar-refractivity contribution in [2.24, 2.45) is 0 Å². The van der Waals surface area contributed by atoms with Crippen LogP contribution in [-0.2, 0) is 10.3 Å². The molecule has 1 heterocycles. The Kier molecular flexibility index (Phi) is 1.04. The second kappa shape index (κ2) is 1.81. The highest BCUT2D eigenvalue weighted by Gasteiger charge is 2.53. The molecule has 1 aliphatic rings. The van der Waals surface area contributed by atoms with Crippen LogP contribution >= 0.6 is 0 Å². The summed E-state index contributed by atoms with van der Waals surface area (Å²) in [5.41, 5.74) is -0.767. The van der Waals surface area contributed by atoms with Gasteiger partial charge in [-0.15, -0.1) is 5.10 Å². The third kappa shape index (κ3) is 0.736. The highest BCUT2D eigenvalue weighted by Crippen LogP contribution is 2.42. The van der Waals surface area contributed by atoms with Crippen LogP contribution in [0.25, 0.3) is 0 Å². The summed E-state index contributed by atoms with van der Waals surface area (Å²) in [5.74, 6) is -0.817. The first-order chi connectivity index (χ1) is 5.26. The van der Waals surface area contributed by atoms with Gasteiger partial charge in [0, 0.05) is 6.20 Å². The van der Waals surface area contributed by atoms with Crippen molar-refractivity contribution in [1.29, 1.82) is 0 Å². The molecule has 11 heavy (non-hydrogen) atoms. The van der Waals surface area contributed by atoms with E-state index >= 15 is 0 Å². The van der Waals surface area contributed by atoms with Crippen molar-refractivity contribution in [3.63, 3.8) is 0 Å². The van der Waals surface area contributed by atoms with Gasteiger partial charge >= 0.3 is 5.97 Å². The summed E-state index contributed by atoms with van der Waals surface area (Å²) in [4.78, 5) is 10.7. The highest BCUT2D eigenvalue weighted by atomic mass is 16.4. The second-order valence-electron chi connectivity index (χ2n) is 2.68. The molecule has 5 heteroatoms. The summed E-state index contributed by atoms with van der Waals surface area (Å²) >= 11 is 0. The number of carbonyl (C=O) groups is 1. The monoisotopic (exact) mass is 153 g/mol. The average molecular weight is 153 g/mol. The number of aromatic nitrogens is 3. The summed E-state index contributed by atoms with van der Waals surface area (Å²) in [6.07, 6.45) is 4.39. The maximum absolute atomic E-state index is 10.7. The standard InChI is InChI=1S/C6H7N3O2/c10-5(11)6(1-2-6)9-4-3-7-8-9/h3-4H,1-2H2,(H,10,11). The molecule has 1 aromatic rings. The van der Waals surface area contributed by atoms with Gasteiger partial charge in [0.05, 0.1) is 6.20 Å². The summed E-state index contributed by atoms with van der Waals surface area (Å²) < 4.78 is 1.41. The minimum atomic E-state index is -0.817. The van der Waals surface area contributed by atoms with Crippen LogP contribution in [0.1, 0.15) is 12.8 Å². The maximum Gasteiger partial charge on any atom is 0.331 e. The van der Waals surface area contributed by atoms with Gasteiger partial charge in [-0.05, 0) is 12.8 Å². The zero-order chi connectivity index (χ0) is 7.90. The molecular formula is C6H7N3O2. The third-order valence-electron chi connectivity index (χ3n) is 1.98. The van der Waals surface area contributed by atoms with Gasteiger partial charge in [0.15, 0.2) is 5.54 Å². The van der Waals surface area contributed by atoms with Gasteiger partial charge in [0.1, 0.15) is 0 Å². The molecule has 1 aromatic heterocycles. The van der Waals surface area contributed by atoms with E-state index in [-0.39, 0.29) is 0 Å².